The number of hydrogen-bond acceptors (Lipinski definition) is 2. The van der Waals surface area contributed by atoms with Gasteiger partial charge in [0.1, 0.15) is 0 Å². The normalized spacial score (nSPS) is 10.8. The predicted octanol–water partition coefficient (Wildman–Crippen LogP) is 4.17. The SMILES string of the molecule is CC(C)c1ccccc1CNCCC(=O)c1ccccc1. The third-order valence-corrected chi connectivity index (χ3v) is 3.62. The first-order valence-corrected chi connectivity index (χ1v) is 7.55. The molecule has 0 aliphatic rings. The van der Waals surface area contributed by atoms with Crippen LogP contribution in [-0.4, -0.2) is 12.3 Å². The molecule has 0 bridgehead atoms. The number of carbonyl (C=O) groups excluding carboxylic acids is 1. The molecule has 0 aliphatic heterocycles. The molecule has 0 saturated heterocycles. The van der Waals surface area contributed by atoms with Crippen molar-refractivity contribution in [1.29, 1.82) is 0 Å². The van der Waals surface area contributed by atoms with Crippen LogP contribution in [0, 0.1) is 0 Å². The Labute approximate surface area is 127 Å². The van der Waals surface area contributed by atoms with Gasteiger partial charge in [-0.3, -0.25) is 4.79 Å². The molecule has 0 fully saturated rings. The molecule has 0 aliphatic carbocycles. The van der Waals surface area contributed by atoms with Crippen molar-refractivity contribution in [2.24, 2.45) is 0 Å². The second kappa shape index (κ2) is 7.75. The van der Waals surface area contributed by atoms with Gasteiger partial charge in [-0.25, -0.2) is 0 Å². The number of nitrogens with one attached hydrogen (secondary N) is 1. The van der Waals surface area contributed by atoms with E-state index in [1.54, 1.807) is 0 Å². The molecule has 2 aromatic rings. The van der Waals surface area contributed by atoms with Crippen LogP contribution < -0.4 is 5.32 Å². The molecule has 0 saturated carbocycles. The van der Waals surface area contributed by atoms with Crippen molar-refractivity contribution in [3.8, 4) is 0 Å². The van der Waals surface area contributed by atoms with Gasteiger partial charge in [-0.1, -0.05) is 68.4 Å². The second-order valence-corrected chi connectivity index (χ2v) is 5.57. The first-order chi connectivity index (χ1) is 10.2. The van der Waals surface area contributed by atoms with Crippen molar-refractivity contribution in [1.82, 2.24) is 5.32 Å². The summed E-state index contributed by atoms with van der Waals surface area (Å²) in [6.45, 7) is 5.94. The topological polar surface area (TPSA) is 29.1 Å². The Morgan fingerprint density at radius 1 is 1.00 bits per heavy atom. The minimum Gasteiger partial charge on any atom is -0.312 e. The first kappa shape index (κ1) is 15.5. The first-order valence-electron chi connectivity index (χ1n) is 7.55. The second-order valence-electron chi connectivity index (χ2n) is 5.57. The molecule has 0 spiro atoms. The van der Waals surface area contributed by atoms with Crippen molar-refractivity contribution in [3.63, 3.8) is 0 Å². The summed E-state index contributed by atoms with van der Waals surface area (Å²) in [7, 11) is 0. The Hall–Kier alpha value is -1.93. The van der Waals surface area contributed by atoms with E-state index < -0.39 is 0 Å². The Morgan fingerprint density at radius 2 is 1.67 bits per heavy atom. The Balaban J connectivity index is 1.82. The van der Waals surface area contributed by atoms with Crippen LogP contribution in [0.1, 0.15) is 47.7 Å². The van der Waals surface area contributed by atoms with E-state index >= 15 is 0 Å². The minimum atomic E-state index is 0.195. The fourth-order valence-corrected chi connectivity index (χ4v) is 2.45. The molecule has 2 aromatic carbocycles. The maximum absolute atomic E-state index is 12.0. The number of hydrogen-bond donors (Lipinski definition) is 1. The van der Waals surface area contributed by atoms with E-state index in [2.05, 4.69) is 43.4 Å². The van der Waals surface area contributed by atoms with Gasteiger partial charge in [-0.05, 0) is 17.0 Å². The summed E-state index contributed by atoms with van der Waals surface area (Å²) in [6, 6.07) is 18.0. The van der Waals surface area contributed by atoms with Crippen molar-refractivity contribution < 1.29 is 4.79 Å². The van der Waals surface area contributed by atoms with Crippen LogP contribution in [0.4, 0.5) is 0 Å². The third-order valence-electron chi connectivity index (χ3n) is 3.62. The quantitative estimate of drug-likeness (QED) is 0.609. The van der Waals surface area contributed by atoms with Crippen molar-refractivity contribution in [3.05, 3.63) is 71.3 Å². The van der Waals surface area contributed by atoms with Crippen molar-refractivity contribution in [2.45, 2.75) is 32.7 Å². The van der Waals surface area contributed by atoms with Crippen molar-refractivity contribution in [2.75, 3.05) is 6.54 Å². The molecule has 2 nitrogen and oxygen atoms in total. The summed E-state index contributed by atoms with van der Waals surface area (Å²) in [5.41, 5.74) is 3.49. The van der Waals surface area contributed by atoms with E-state index in [4.69, 9.17) is 0 Å². The van der Waals surface area contributed by atoms with Gasteiger partial charge in [0.15, 0.2) is 5.78 Å². The van der Waals surface area contributed by atoms with Gasteiger partial charge in [-0.2, -0.15) is 0 Å². The molecule has 110 valence electrons. The highest BCUT2D eigenvalue weighted by Gasteiger charge is 2.07. The largest absolute Gasteiger partial charge is 0.312 e. The molecule has 0 radical (unpaired) electrons. The van der Waals surface area contributed by atoms with Gasteiger partial charge in [0.2, 0.25) is 0 Å². The van der Waals surface area contributed by atoms with E-state index in [-0.39, 0.29) is 5.78 Å². The van der Waals surface area contributed by atoms with E-state index in [0.29, 0.717) is 18.9 Å². The van der Waals surface area contributed by atoms with Crippen LogP contribution in [0.5, 0.6) is 0 Å². The summed E-state index contributed by atoms with van der Waals surface area (Å²) in [4.78, 5) is 12.0. The molecule has 0 aromatic heterocycles. The maximum atomic E-state index is 12.0. The average Bonchev–Trinajstić information content (AvgIpc) is 2.52. The molecular formula is C19H23NO. The van der Waals surface area contributed by atoms with Crippen LogP contribution in [-0.2, 0) is 6.54 Å². The molecule has 2 heteroatoms. The zero-order valence-corrected chi connectivity index (χ0v) is 12.8. The zero-order valence-electron chi connectivity index (χ0n) is 12.8. The summed E-state index contributed by atoms with van der Waals surface area (Å²) in [6.07, 6.45) is 0.536. The lowest BCUT2D eigenvalue weighted by Gasteiger charge is -2.13. The maximum Gasteiger partial charge on any atom is 0.164 e. The van der Waals surface area contributed by atoms with E-state index in [1.165, 1.54) is 11.1 Å². The van der Waals surface area contributed by atoms with Crippen LogP contribution >= 0.6 is 0 Å². The lowest BCUT2D eigenvalue weighted by atomic mass is 9.97. The molecule has 0 unspecified atom stereocenters. The lowest BCUT2D eigenvalue weighted by molar-refractivity contribution is 0.0982. The molecule has 0 amide bonds. The standard InChI is InChI=1S/C19H23NO/c1-15(2)18-11-7-6-10-17(18)14-20-13-12-19(21)16-8-4-3-5-9-16/h3-11,15,20H,12-14H2,1-2H3. The van der Waals surface area contributed by atoms with Crippen LogP contribution in [0.25, 0.3) is 0 Å². The Kier molecular flexibility index (Phi) is 5.70. The number of ketones is 1. The highest BCUT2D eigenvalue weighted by molar-refractivity contribution is 5.96. The van der Waals surface area contributed by atoms with E-state index in [9.17, 15) is 4.79 Å². The smallest absolute Gasteiger partial charge is 0.164 e. The fourth-order valence-electron chi connectivity index (χ4n) is 2.45. The summed E-state index contributed by atoms with van der Waals surface area (Å²) in [5.74, 6) is 0.717. The summed E-state index contributed by atoms with van der Waals surface area (Å²) >= 11 is 0. The van der Waals surface area contributed by atoms with Gasteiger partial charge in [-0.15, -0.1) is 0 Å². The zero-order chi connectivity index (χ0) is 15.1. The molecule has 2 rings (SSSR count). The third kappa shape index (κ3) is 4.54. The molecule has 0 heterocycles. The average molecular weight is 281 g/mol. The van der Waals surface area contributed by atoms with Gasteiger partial charge < -0.3 is 5.32 Å². The van der Waals surface area contributed by atoms with Crippen molar-refractivity contribution >= 4 is 5.78 Å². The van der Waals surface area contributed by atoms with E-state index in [0.717, 1.165) is 12.1 Å². The van der Waals surface area contributed by atoms with Gasteiger partial charge in [0, 0.05) is 25.1 Å². The van der Waals surface area contributed by atoms with Gasteiger partial charge >= 0.3 is 0 Å². The van der Waals surface area contributed by atoms with Gasteiger partial charge in [0.25, 0.3) is 0 Å². The summed E-state index contributed by atoms with van der Waals surface area (Å²) in [5, 5.41) is 3.38. The van der Waals surface area contributed by atoms with E-state index in [1.807, 2.05) is 30.3 Å². The fraction of sp³-hybridized carbons (Fsp3) is 0.316. The highest BCUT2D eigenvalue weighted by Crippen LogP contribution is 2.18. The molecule has 0 atom stereocenters. The van der Waals surface area contributed by atoms with Crippen LogP contribution in [0.3, 0.4) is 0 Å². The monoisotopic (exact) mass is 281 g/mol. The van der Waals surface area contributed by atoms with Crippen LogP contribution in [0.2, 0.25) is 0 Å². The minimum absolute atomic E-state index is 0.195. The molecule has 21 heavy (non-hydrogen) atoms. The number of benzene rings is 2. The predicted molar refractivity (Wildman–Crippen MR) is 87.6 cm³/mol. The number of Topliss-reactive ketones (excluding diaryl/α,β-unsaturated/α-hetero) is 1. The van der Waals surface area contributed by atoms with Crippen LogP contribution in [0.15, 0.2) is 54.6 Å². The molecular weight excluding hydrogens is 258 g/mol. The Morgan fingerprint density at radius 3 is 2.38 bits per heavy atom. The number of carbonyl (C=O) groups is 1. The lowest BCUT2D eigenvalue weighted by Crippen LogP contribution is -2.19. The number of rotatable bonds is 7. The Bertz CT molecular complexity index is 575. The highest BCUT2D eigenvalue weighted by atomic mass is 16.1. The van der Waals surface area contributed by atoms with Gasteiger partial charge in [0.05, 0.1) is 0 Å². The summed E-state index contributed by atoms with van der Waals surface area (Å²) < 4.78 is 0. The molecule has 1 N–H and O–H groups in total.